The maximum Gasteiger partial charge on any atom is 0.417 e. The zero-order valence-electron chi connectivity index (χ0n) is 16.8. The van der Waals surface area contributed by atoms with Crippen LogP contribution in [0.15, 0.2) is 48.5 Å². The van der Waals surface area contributed by atoms with E-state index in [1.54, 1.807) is 6.92 Å². The number of rotatable bonds is 6. The number of hydrogen-bond acceptors (Lipinski definition) is 4. The van der Waals surface area contributed by atoms with Crippen LogP contribution in [0.2, 0.25) is 0 Å². The number of carbonyl (C=O) groups excluding carboxylic acids is 3. The maximum atomic E-state index is 13.5. The lowest BCUT2D eigenvalue weighted by Crippen LogP contribution is -2.42. The Morgan fingerprint density at radius 1 is 1.10 bits per heavy atom. The first-order valence-electron chi connectivity index (χ1n) is 9.75. The summed E-state index contributed by atoms with van der Waals surface area (Å²) in [6.07, 6.45) is -3.78. The quantitative estimate of drug-likeness (QED) is 0.642. The van der Waals surface area contributed by atoms with E-state index in [0.717, 1.165) is 17.0 Å². The van der Waals surface area contributed by atoms with Crippen molar-refractivity contribution in [2.75, 3.05) is 24.7 Å². The van der Waals surface area contributed by atoms with Gasteiger partial charge in [-0.1, -0.05) is 12.1 Å². The highest BCUT2D eigenvalue weighted by atomic mass is 19.4. The van der Waals surface area contributed by atoms with Gasteiger partial charge in [-0.2, -0.15) is 13.2 Å². The highest BCUT2D eigenvalue weighted by Gasteiger charge is 2.37. The van der Waals surface area contributed by atoms with Crippen molar-refractivity contribution in [3.63, 3.8) is 0 Å². The van der Waals surface area contributed by atoms with Crippen LogP contribution in [0.25, 0.3) is 0 Å². The van der Waals surface area contributed by atoms with Gasteiger partial charge in [-0.25, -0.2) is 4.79 Å². The van der Waals surface area contributed by atoms with Crippen LogP contribution in [-0.2, 0) is 15.7 Å². The molecule has 1 aliphatic rings. The number of benzene rings is 2. The molecule has 0 aromatic heterocycles. The van der Waals surface area contributed by atoms with E-state index < -0.39 is 29.2 Å². The second-order valence-electron chi connectivity index (χ2n) is 6.95. The monoisotopic (exact) mass is 434 g/mol. The molecule has 3 rings (SSSR count). The predicted octanol–water partition coefficient (Wildman–Crippen LogP) is 4.11. The van der Waals surface area contributed by atoms with Crippen molar-refractivity contribution in [2.24, 2.45) is 0 Å². The standard InChI is InChI=1S/C22H21F3N2O4/c1-2-31-21(30)15-9-11-16(12-10-15)27(14-26-13-5-8-19(26)28)20(29)17-6-3-4-7-18(17)22(23,24)25/h3-4,6-7,9-12H,2,5,8,13-14H2,1H3. The first-order valence-corrected chi connectivity index (χ1v) is 9.75. The first-order chi connectivity index (χ1) is 14.7. The zero-order chi connectivity index (χ0) is 22.6. The van der Waals surface area contributed by atoms with Crippen LogP contribution in [0.3, 0.4) is 0 Å². The second-order valence-corrected chi connectivity index (χ2v) is 6.95. The summed E-state index contributed by atoms with van der Waals surface area (Å²) in [5.41, 5.74) is -1.07. The van der Waals surface area contributed by atoms with Gasteiger partial charge < -0.3 is 9.64 Å². The van der Waals surface area contributed by atoms with Gasteiger partial charge in [0.15, 0.2) is 0 Å². The van der Waals surface area contributed by atoms with E-state index in [0.29, 0.717) is 19.4 Å². The molecule has 0 bridgehead atoms. The van der Waals surface area contributed by atoms with Gasteiger partial charge in [0.05, 0.1) is 23.3 Å². The third-order valence-electron chi connectivity index (χ3n) is 4.88. The van der Waals surface area contributed by atoms with Crippen LogP contribution in [0.1, 0.15) is 46.0 Å². The van der Waals surface area contributed by atoms with Crippen molar-refractivity contribution in [2.45, 2.75) is 25.9 Å². The van der Waals surface area contributed by atoms with E-state index in [4.69, 9.17) is 4.74 Å². The van der Waals surface area contributed by atoms with E-state index in [1.807, 2.05) is 0 Å². The molecule has 0 radical (unpaired) electrons. The maximum absolute atomic E-state index is 13.5. The number of anilines is 1. The van der Waals surface area contributed by atoms with Crippen molar-refractivity contribution in [1.29, 1.82) is 0 Å². The fourth-order valence-electron chi connectivity index (χ4n) is 3.34. The minimum absolute atomic E-state index is 0.176. The van der Waals surface area contributed by atoms with Gasteiger partial charge in [0.1, 0.15) is 6.67 Å². The summed E-state index contributed by atoms with van der Waals surface area (Å²) < 4.78 is 45.3. The Bertz CT molecular complexity index is 973. The van der Waals surface area contributed by atoms with Crippen LogP contribution in [0, 0.1) is 0 Å². The van der Waals surface area contributed by atoms with E-state index in [1.165, 1.54) is 41.3 Å². The van der Waals surface area contributed by atoms with Crippen LogP contribution in [0.5, 0.6) is 0 Å². The molecule has 1 heterocycles. The SMILES string of the molecule is CCOC(=O)c1ccc(N(CN2CCCC2=O)C(=O)c2ccccc2C(F)(F)F)cc1. The highest BCUT2D eigenvalue weighted by molar-refractivity contribution is 6.07. The molecular weight excluding hydrogens is 413 g/mol. The van der Waals surface area contributed by atoms with E-state index in [2.05, 4.69) is 0 Å². The van der Waals surface area contributed by atoms with Crippen LogP contribution in [-0.4, -0.2) is 42.5 Å². The number of carbonyl (C=O) groups is 3. The lowest BCUT2D eigenvalue weighted by Gasteiger charge is -2.29. The van der Waals surface area contributed by atoms with Crippen molar-refractivity contribution in [1.82, 2.24) is 4.90 Å². The lowest BCUT2D eigenvalue weighted by molar-refractivity contribution is -0.138. The molecule has 164 valence electrons. The predicted molar refractivity (Wildman–Crippen MR) is 106 cm³/mol. The fraction of sp³-hybridized carbons (Fsp3) is 0.318. The number of likely N-dealkylation sites (tertiary alicyclic amines) is 1. The van der Waals surface area contributed by atoms with Crippen LogP contribution < -0.4 is 4.90 Å². The topological polar surface area (TPSA) is 66.9 Å². The molecule has 2 aromatic carbocycles. The molecule has 2 amide bonds. The number of ether oxygens (including phenoxy) is 1. The third-order valence-corrected chi connectivity index (χ3v) is 4.88. The van der Waals surface area contributed by atoms with Crippen molar-refractivity contribution < 1.29 is 32.3 Å². The Kier molecular flexibility index (Phi) is 6.62. The van der Waals surface area contributed by atoms with Gasteiger partial charge >= 0.3 is 12.1 Å². The number of hydrogen-bond donors (Lipinski definition) is 0. The second kappa shape index (κ2) is 9.20. The molecule has 0 saturated carbocycles. The highest BCUT2D eigenvalue weighted by Crippen LogP contribution is 2.33. The Morgan fingerprint density at radius 2 is 1.77 bits per heavy atom. The summed E-state index contributed by atoms with van der Waals surface area (Å²) in [4.78, 5) is 39.7. The number of esters is 1. The van der Waals surface area contributed by atoms with Gasteiger partial charge in [-0.15, -0.1) is 0 Å². The molecule has 0 N–H and O–H groups in total. The van der Waals surface area contributed by atoms with Crippen LogP contribution >= 0.6 is 0 Å². The van der Waals surface area contributed by atoms with E-state index >= 15 is 0 Å². The largest absolute Gasteiger partial charge is 0.462 e. The van der Waals surface area contributed by atoms with Crippen molar-refractivity contribution in [3.05, 3.63) is 65.2 Å². The van der Waals surface area contributed by atoms with E-state index in [9.17, 15) is 27.6 Å². The molecule has 1 aliphatic heterocycles. The van der Waals surface area contributed by atoms with Gasteiger partial charge in [0, 0.05) is 18.7 Å². The van der Waals surface area contributed by atoms with Crippen molar-refractivity contribution in [3.8, 4) is 0 Å². The average molecular weight is 434 g/mol. The van der Waals surface area contributed by atoms with Gasteiger partial charge in [0.25, 0.3) is 5.91 Å². The molecule has 31 heavy (non-hydrogen) atoms. The summed E-state index contributed by atoms with van der Waals surface area (Å²) >= 11 is 0. The molecule has 0 aliphatic carbocycles. The molecule has 0 unspecified atom stereocenters. The minimum Gasteiger partial charge on any atom is -0.462 e. The van der Waals surface area contributed by atoms with Crippen LogP contribution in [0.4, 0.5) is 18.9 Å². The summed E-state index contributed by atoms with van der Waals surface area (Å²) in [6.45, 7) is 2.07. The summed E-state index contributed by atoms with van der Waals surface area (Å²) in [6, 6.07) is 10.3. The fourth-order valence-corrected chi connectivity index (χ4v) is 3.34. The Balaban J connectivity index is 1.98. The Morgan fingerprint density at radius 3 is 2.35 bits per heavy atom. The number of amides is 2. The first kappa shape index (κ1) is 22.3. The molecule has 9 heteroatoms. The molecule has 0 spiro atoms. The Hall–Kier alpha value is -3.36. The van der Waals surface area contributed by atoms with Gasteiger partial charge in [0.2, 0.25) is 5.91 Å². The molecule has 6 nitrogen and oxygen atoms in total. The smallest absolute Gasteiger partial charge is 0.417 e. The average Bonchev–Trinajstić information content (AvgIpc) is 3.15. The lowest BCUT2D eigenvalue weighted by atomic mass is 10.1. The normalized spacial score (nSPS) is 13.9. The molecular formula is C22H21F3N2O4. The number of halogens is 3. The molecule has 2 aromatic rings. The molecule has 0 atom stereocenters. The Labute approximate surface area is 177 Å². The third kappa shape index (κ3) is 5.04. The van der Waals surface area contributed by atoms with Crippen molar-refractivity contribution >= 4 is 23.5 Å². The van der Waals surface area contributed by atoms with Gasteiger partial charge in [-0.05, 0) is 49.7 Å². The minimum atomic E-state index is -4.71. The zero-order valence-corrected chi connectivity index (χ0v) is 16.8. The number of alkyl halides is 3. The summed E-state index contributed by atoms with van der Waals surface area (Å²) in [5, 5.41) is 0. The molecule has 1 fully saturated rings. The summed E-state index contributed by atoms with van der Waals surface area (Å²) in [7, 11) is 0. The molecule has 1 saturated heterocycles. The van der Waals surface area contributed by atoms with Gasteiger partial charge in [-0.3, -0.25) is 14.5 Å². The summed E-state index contributed by atoms with van der Waals surface area (Å²) in [5.74, 6) is -1.62. The van der Waals surface area contributed by atoms with E-state index in [-0.39, 0.29) is 30.4 Å². The number of nitrogens with zero attached hydrogens (tertiary/aromatic N) is 2.